The van der Waals surface area contributed by atoms with Gasteiger partial charge in [-0.05, 0) is 57.9 Å². The largest absolute Gasteiger partial charge is 0.490 e. The molecule has 1 aliphatic rings. The van der Waals surface area contributed by atoms with Gasteiger partial charge in [-0.3, -0.25) is 0 Å². The molecule has 1 fully saturated rings. The number of halogens is 2. The molecule has 1 saturated heterocycles. The molecule has 0 unspecified atom stereocenters. The van der Waals surface area contributed by atoms with Crippen LogP contribution in [-0.2, 0) is 0 Å². The zero-order chi connectivity index (χ0) is 21.9. The topological polar surface area (TPSA) is 81.9 Å². The number of hydrogen-bond acceptors (Lipinski definition) is 7. The van der Waals surface area contributed by atoms with Crippen LogP contribution in [0.3, 0.4) is 0 Å². The first-order chi connectivity index (χ1) is 15.7. The zero-order valence-corrected chi connectivity index (χ0v) is 17.7. The van der Waals surface area contributed by atoms with Crippen LogP contribution >= 0.6 is 11.6 Å². The number of piperidine rings is 1. The Morgan fingerprint density at radius 2 is 1.84 bits per heavy atom. The van der Waals surface area contributed by atoms with Crippen molar-refractivity contribution in [1.29, 1.82) is 0 Å². The summed E-state index contributed by atoms with van der Waals surface area (Å²) in [7, 11) is 0. The number of nitrogens with zero attached hydrogens (tertiary/aromatic N) is 7. The molecule has 10 heteroatoms. The fourth-order valence-corrected chi connectivity index (χ4v) is 3.91. The van der Waals surface area contributed by atoms with Gasteiger partial charge in [-0.25, -0.2) is 19.0 Å². The van der Waals surface area contributed by atoms with Crippen molar-refractivity contribution >= 4 is 17.4 Å². The highest BCUT2D eigenvalue weighted by Gasteiger charge is 2.22. The van der Waals surface area contributed by atoms with Gasteiger partial charge in [-0.15, -0.1) is 5.10 Å². The van der Waals surface area contributed by atoms with E-state index in [1.54, 1.807) is 18.3 Å². The summed E-state index contributed by atoms with van der Waals surface area (Å²) in [4.78, 5) is 10.4. The molecule has 8 nitrogen and oxygen atoms in total. The van der Waals surface area contributed by atoms with Gasteiger partial charge in [0.05, 0.1) is 5.69 Å². The van der Waals surface area contributed by atoms with Gasteiger partial charge >= 0.3 is 0 Å². The normalized spacial score (nSPS) is 14.5. The summed E-state index contributed by atoms with van der Waals surface area (Å²) in [6.45, 7) is 1.66. The van der Waals surface area contributed by atoms with Crippen molar-refractivity contribution in [3.8, 4) is 22.6 Å². The van der Waals surface area contributed by atoms with Crippen LogP contribution in [0.5, 0.6) is 5.75 Å². The number of tetrazole rings is 1. The Balaban J connectivity index is 1.21. The SMILES string of the molecule is Fc1cc(-n2cnnn2)ccc1-c1ccc(OC2CCN(c3ccnc(Cl)n3)CC2)cc1. The molecule has 0 radical (unpaired) electrons. The maximum absolute atomic E-state index is 14.7. The highest BCUT2D eigenvalue weighted by molar-refractivity contribution is 6.28. The molecule has 0 spiro atoms. The van der Waals surface area contributed by atoms with E-state index in [9.17, 15) is 4.39 Å². The third-order valence-corrected chi connectivity index (χ3v) is 5.59. The molecule has 0 bridgehead atoms. The van der Waals surface area contributed by atoms with Gasteiger partial charge in [0.2, 0.25) is 5.28 Å². The molecule has 0 amide bonds. The van der Waals surface area contributed by atoms with Crippen LogP contribution in [0.15, 0.2) is 61.1 Å². The first-order valence-electron chi connectivity index (χ1n) is 10.2. The Hall–Kier alpha value is -3.59. The minimum Gasteiger partial charge on any atom is -0.490 e. The lowest BCUT2D eigenvalue weighted by Crippen LogP contribution is -2.38. The van der Waals surface area contributed by atoms with E-state index in [-0.39, 0.29) is 17.2 Å². The Morgan fingerprint density at radius 1 is 1.03 bits per heavy atom. The van der Waals surface area contributed by atoms with Crippen LogP contribution in [-0.4, -0.2) is 49.4 Å². The standard InChI is InChI=1S/C22H19ClFN7O/c23-22-25-10-7-21(27-22)30-11-8-18(9-12-30)32-17-4-1-15(2-5-17)19-6-3-16(13-20(19)24)31-14-26-28-29-31/h1-7,10,13-14,18H,8-9,11-12H2. The maximum atomic E-state index is 14.7. The quantitative estimate of drug-likeness (QED) is 0.425. The molecule has 0 N–H and O–H groups in total. The third kappa shape index (κ3) is 4.38. The van der Waals surface area contributed by atoms with Crippen LogP contribution in [0.2, 0.25) is 5.28 Å². The minimum absolute atomic E-state index is 0.113. The Bertz CT molecular complexity index is 1200. The second-order valence-electron chi connectivity index (χ2n) is 7.43. The summed E-state index contributed by atoms with van der Waals surface area (Å²) in [5, 5.41) is 11.2. The molecule has 2 aromatic heterocycles. The number of hydrogen-bond donors (Lipinski definition) is 0. The molecule has 162 valence electrons. The monoisotopic (exact) mass is 451 g/mol. The van der Waals surface area contributed by atoms with Crippen LogP contribution in [0, 0.1) is 5.82 Å². The fraction of sp³-hybridized carbons (Fsp3) is 0.227. The lowest BCUT2D eigenvalue weighted by Gasteiger charge is -2.32. The summed E-state index contributed by atoms with van der Waals surface area (Å²) in [5.41, 5.74) is 1.84. The first-order valence-corrected chi connectivity index (χ1v) is 10.6. The average Bonchev–Trinajstić information content (AvgIpc) is 3.35. The second-order valence-corrected chi connectivity index (χ2v) is 7.77. The first kappa shape index (κ1) is 20.3. The molecule has 0 saturated carbocycles. The molecule has 4 aromatic rings. The van der Waals surface area contributed by atoms with E-state index in [1.165, 1.54) is 17.1 Å². The summed E-state index contributed by atoms with van der Waals surface area (Å²) in [6, 6.07) is 14.2. The van der Waals surface area contributed by atoms with E-state index >= 15 is 0 Å². The summed E-state index contributed by atoms with van der Waals surface area (Å²) >= 11 is 5.89. The zero-order valence-electron chi connectivity index (χ0n) is 17.0. The van der Waals surface area contributed by atoms with Crippen molar-refractivity contribution in [1.82, 2.24) is 30.2 Å². The number of rotatable bonds is 5. The third-order valence-electron chi connectivity index (χ3n) is 5.41. The van der Waals surface area contributed by atoms with Crippen molar-refractivity contribution in [3.05, 3.63) is 72.2 Å². The lowest BCUT2D eigenvalue weighted by atomic mass is 10.0. The van der Waals surface area contributed by atoms with Crippen molar-refractivity contribution in [2.24, 2.45) is 0 Å². The summed E-state index contributed by atoms with van der Waals surface area (Å²) in [6.07, 6.45) is 4.94. The second kappa shape index (κ2) is 8.88. The molecule has 0 atom stereocenters. The van der Waals surface area contributed by atoms with Crippen LogP contribution in [0.4, 0.5) is 10.2 Å². The van der Waals surface area contributed by atoms with Gasteiger partial charge in [0.25, 0.3) is 0 Å². The van der Waals surface area contributed by atoms with Crippen molar-refractivity contribution in [2.75, 3.05) is 18.0 Å². The van der Waals surface area contributed by atoms with E-state index in [2.05, 4.69) is 30.4 Å². The highest BCUT2D eigenvalue weighted by atomic mass is 35.5. The molecule has 32 heavy (non-hydrogen) atoms. The van der Waals surface area contributed by atoms with Gasteiger partial charge in [-0.2, -0.15) is 0 Å². The van der Waals surface area contributed by atoms with E-state index in [0.29, 0.717) is 11.3 Å². The predicted molar refractivity (Wildman–Crippen MR) is 117 cm³/mol. The molecular weight excluding hydrogens is 433 g/mol. The molecular formula is C22H19ClFN7O. The van der Waals surface area contributed by atoms with Crippen molar-refractivity contribution < 1.29 is 9.13 Å². The summed E-state index contributed by atoms with van der Waals surface area (Å²) < 4.78 is 22.2. The molecule has 1 aliphatic heterocycles. The van der Waals surface area contributed by atoms with Crippen LogP contribution in [0.1, 0.15) is 12.8 Å². The summed E-state index contributed by atoms with van der Waals surface area (Å²) in [5.74, 6) is 1.26. The molecule has 2 aromatic carbocycles. The van der Waals surface area contributed by atoms with E-state index < -0.39 is 0 Å². The fourth-order valence-electron chi connectivity index (χ4n) is 3.77. The van der Waals surface area contributed by atoms with E-state index in [4.69, 9.17) is 16.3 Å². The molecule has 3 heterocycles. The molecule has 5 rings (SSSR count). The van der Waals surface area contributed by atoms with E-state index in [1.807, 2.05) is 30.3 Å². The Kier molecular flexibility index (Phi) is 5.64. The lowest BCUT2D eigenvalue weighted by molar-refractivity contribution is 0.170. The van der Waals surface area contributed by atoms with Crippen molar-refractivity contribution in [3.63, 3.8) is 0 Å². The minimum atomic E-state index is -0.344. The van der Waals surface area contributed by atoms with Crippen molar-refractivity contribution in [2.45, 2.75) is 18.9 Å². The predicted octanol–water partition coefficient (Wildman–Crippen LogP) is 3.96. The van der Waals surface area contributed by atoms with Gasteiger partial charge in [0.1, 0.15) is 29.8 Å². The number of ether oxygens (including phenoxy) is 1. The Labute approximate surface area is 188 Å². The Morgan fingerprint density at radius 3 is 2.53 bits per heavy atom. The number of aromatic nitrogens is 6. The smallest absolute Gasteiger partial charge is 0.224 e. The van der Waals surface area contributed by atoms with Gasteiger partial charge in [-0.1, -0.05) is 12.1 Å². The molecule has 0 aliphatic carbocycles. The van der Waals surface area contributed by atoms with Gasteiger partial charge in [0, 0.05) is 43.8 Å². The van der Waals surface area contributed by atoms with E-state index in [0.717, 1.165) is 43.1 Å². The van der Waals surface area contributed by atoms with Gasteiger partial charge in [0.15, 0.2) is 0 Å². The maximum Gasteiger partial charge on any atom is 0.224 e. The van der Waals surface area contributed by atoms with Gasteiger partial charge < -0.3 is 9.64 Å². The highest BCUT2D eigenvalue weighted by Crippen LogP contribution is 2.28. The van der Waals surface area contributed by atoms with Crippen LogP contribution in [0.25, 0.3) is 16.8 Å². The average molecular weight is 452 g/mol. The van der Waals surface area contributed by atoms with Crippen LogP contribution < -0.4 is 9.64 Å². The number of anilines is 1. The number of benzene rings is 2.